The Kier molecular flexibility index (Phi) is 4.50. The summed E-state index contributed by atoms with van der Waals surface area (Å²) in [7, 11) is 3.27. The van der Waals surface area contributed by atoms with Crippen LogP contribution >= 0.6 is 11.8 Å². The van der Waals surface area contributed by atoms with E-state index >= 15 is 0 Å². The fourth-order valence-electron chi connectivity index (χ4n) is 0.978. The van der Waals surface area contributed by atoms with Crippen LogP contribution in [0.3, 0.4) is 0 Å². The average Bonchev–Trinajstić information content (AvgIpc) is 2.60. The fraction of sp³-hybridized carbons (Fsp3) is 0.556. The second kappa shape index (κ2) is 5.67. The van der Waals surface area contributed by atoms with Crippen LogP contribution in [0.5, 0.6) is 0 Å². The molecular formula is C9H15N5O2S. The van der Waals surface area contributed by atoms with Crippen molar-refractivity contribution in [2.45, 2.75) is 24.3 Å². The second-order valence-electron chi connectivity index (χ2n) is 3.42. The predicted molar refractivity (Wildman–Crippen MR) is 63.7 cm³/mol. The minimum atomic E-state index is -0.517. The second-order valence-corrected chi connectivity index (χ2v) is 4.73. The number of thioether (sulfide) groups is 1. The molecule has 0 bridgehead atoms. The van der Waals surface area contributed by atoms with Gasteiger partial charge in [-0.1, -0.05) is 11.8 Å². The van der Waals surface area contributed by atoms with Crippen LogP contribution in [0.15, 0.2) is 5.16 Å². The Labute approximate surface area is 103 Å². The van der Waals surface area contributed by atoms with E-state index in [1.807, 2.05) is 14.0 Å². The molecule has 0 aliphatic heterocycles. The highest BCUT2D eigenvalue weighted by atomic mass is 32.2. The van der Waals surface area contributed by atoms with Gasteiger partial charge in [0.05, 0.1) is 5.25 Å². The van der Waals surface area contributed by atoms with Gasteiger partial charge < -0.3 is 9.88 Å². The summed E-state index contributed by atoms with van der Waals surface area (Å²) in [5.74, 6) is 0.404. The number of amides is 3. The molecule has 0 unspecified atom stereocenters. The van der Waals surface area contributed by atoms with Gasteiger partial charge in [0.25, 0.3) is 0 Å². The molecule has 0 aliphatic rings. The number of rotatable bonds is 3. The Hall–Kier alpha value is -1.57. The topological polar surface area (TPSA) is 88.9 Å². The monoisotopic (exact) mass is 257 g/mol. The van der Waals surface area contributed by atoms with E-state index in [9.17, 15) is 9.59 Å². The van der Waals surface area contributed by atoms with Crippen molar-refractivity contribution in [3.8, 4) is 0 Å². The Balaban J connectivity index is 2.60. The van der Waals surface area contributed by atoms with Crippen molar-refractivity contribution in [3.63, 3.8) is 0 Å². The summed E-state index contributed by atoms with van der Waals surface area (Å²) in [5.41, 5.74) is 0. The average molecular weight is 257 g/mol. The molecule has 3 amide bonds. The van der Waals surface area contributed by atoms with Crippen LogP contribution in [0.1, 0.15) is 12.7 Å². The van der Waals surface area contributed by atoms with E-state index in [-0.39, 0.29) is 5.91 Å². The van der Waals surface area contributed by atoms with Crippen LogP contribution < -0.4 is 10.6 Å². The molecule has 0 spiro atoms. The van der Waals surface area contributed by atoms with E-state index in [1.165, 1.54) is 18.8 Å². The van der Waals surface area contributed by atoms with E-state index in [4.69, 9.17) is 0 Å². The smallest absolute Gasteiger partial charge is 0.321 e. The minimum absolute atomic E-state index is 0.366. The Bertz CT molecular complexity index is 431. The zero-order chi connectivity index (χ0) is 13.0. The maximum Gasteiger partial charge on any atom is 0.321 e. The lowest BCUT2D eigenvalue weighted by atomic mass is 10.4. The van der Waals surface area contributed by atoms with Crippen molar-refractivity contribution < 1.29 is 9.59 Å². The van der Waals surface area contributed by atoms with Gasteiger partial charge >= 0.3 is 6.03 Å². The van der Waals surface area contributed by atoms with E-state index < -0.39 is 11.3 Å². The van der Waals surface area contributed by atoms with Gasteiger partial charge in [-0.2, -0.15) is 0 Å². The first-order chi connectivity index (χ1) is 7.95. The first-order valence-electron chi connectivity index (χ1n) is 5.01. The lowest BCUT2D eigenvalue weighted by molar-refractivity contribution is -0.119. The van der Waals surface area contributed by atoms with Gasteiger partial charge in [-0.05, 0) is 13.8 Å². The predicted octanol–water partition coefficient (Wildman–Crippen LogP) is 0.0597. The van der Waals surface area contributed by atoms with Crippen LogP contribution in [0.4, 0.5) is 4.79 Å². The van der Waals surface area contributed by atoms with Crippen LogP contribution in [0.25, 0.3) is 0 Å². The van der Waals surface area contributed by atoms with Crippen molar-refractivity contribution in [3.05, 3.63) is 5.82 Å². The molecule has 17 heavy (non-hydrogen) atoms. The third kappa shape index (κ3) is 3.45. The van der Waals surface area contributed by atoms with Gasteiger partial charge in [-0.3, -0.25) is 10.1 Å². The van der Waals surface area contributed by atoms with Crippen molar-refractivity contribution in [1.29, 1.82) is 0 Å². The number of hydrogen-bond acceptors (Lipinski definition) is 5. The first kappa shape index (κ1) is 13.5. The molecule has 0 radical (unpaired) electrons. The summed E-state index contributed by atoms with van der Waals surface area (Å²) in [6, 6.07) is -0.517. The third-order valence-electron chi connectivity index (χ3n) is 2.17. The summed E-state index contributed by atoms with van der Waals surface area (Å²) in [6.45, 7) is 3.53. The van der Waals surface area contributed by atoms with Crippen LogP contribution in [0.2, 0.25) is 0 Å². The lowest BCUT2D eigenvalue weighted by Crippen LogP contribution is -2.41. The number of urea groups is 1. The minimum Gasteiger partial charge on any atom is -0.341 e. The Morgan fingerprint density at radius 3 is 2.53 bits per heavy atom. The molecule has 1 heterocycles. The van der Waals surface area contributed by atoms with E-state index in [0.717, 1.165) is 5.82 Å². The molecule has 0 fully saturated rings. The van der Waals surface area contributed by atoms with E-state index in [1.54, 1.807) is 11.5 Å². The number of nitrogens with one attached hydrogen (secondary N) is 2. The number of aryl methyl sites for hydroxylation is 1. The van der Waals surface area contributed by atoms with Gasteiger partial charge in [0.15, 0.2) is 5.16 Å². The largest absolute Gasteiger partial charge is 0.341 e. The Morgan fingerprint density at radius 2 is 2.06 bits per heavy atom. The first-order valence-corrected chi connectivity index (χ1v) is 5.89. The van der Waals surface area contributed by atoms with E-state index in [0.29, 0.717) is 5.16 Å². The van der Waals surface area contributed by atoms with Gasteiger partial charge in [-0.25, -0.2) is 4.79 Å². The summed E-state index contributed by atoms with van der Waals surface area (Å²) < 4.78 is 1.79. The van der Waals surface area contributed by atoms with Crippen LogP contribution in [-0.2, 0) is 11.8 Å². The SMILES string of the molecule is CNC(=O)NC(=O)[C@@H](C)Sc1nnc(C)n1C. The highest BCUT2D eigenvalue weighted by Crippen LogP contribution is 2.20. The zero-order valence-electron chi connectivity index (χ0n) is 10.1. The van der Waals surface area contributed by atoms with Gasteiger partial charge in [-0.15, -0.1) is 10.2 Å². The van der Waals surface area contributed by atoms with Gasteiger partial charge in [0, 0.05) is 14.1 Å². The van der Waals surface area contributed by atoms with Gasteiger partial charge in [0.1, 0.15) is 5.82 Å². The standard InChI is InChI=1S/C9H15N5O2S/c1-5(7(15)11-8(16)10-3)17-9-13-12-6(2)14(9)4/h5H,1-4H3,(H2,10,11,15,16)/t5-/m1/s1. The number of aromatic nitrogens is 3. The molecule has 0 aliphatic carbocycles. The summed E-state index contributed by atoms with van der Waals surface area (Å²) >= 11 is 1.25. The molecule has 1 atom stereocenters. The lowest BCUT2D eigenvalue weighted by Gasteiger charge is -2.10. The number of imide groups is 1. The molecule has 0 saturated heterocycles. The fourth-order valence-corrected chi connectivity index (χ4v) is 1.84. The molecule has 1 aromatic rings. The Morgan fingerprint density at radius 1 is 1.41 bits per heavy atom. The quantitative estimate of drug-likeness (QED) is 0.747. The number of carbonyl (C=O) groups is 2. The van der Waals surface area contributed by atoms with E-state index in [2.05, 4.69) is 20.8 Å². The third-order valence-corrected chi connectivity index (χ3v) is 3.30. The molecule has 0 aromatic carbocycles. The van der Waals surface area contributed by atoms with Crippen molar-refractivity contribution in [2.24, 2.45) is 7.05 Å². The molecule has 0 saturated carbocycles. The van der Waals surface area contributed by atoms with Crippen molar-refractivity contribution in [2.75, 3.05) is 7.05 Å². The maximum absolute atomic E-state index is 11.6. The molecule has 1 aromatic heterocycles. The summed E-state index contributed by atoms with van der Waals surface area (Å²) in [5, 5.41) is 12.6. The number of hydrogen-bond donors (Lipinski definition) is 2. The molecule has 1 rings (SSSR count). The number of nitrogens with zero attached hydrogens (tertiary/aromatic N) is 3. The van der Waals surface area contributed by atoms with Crippen molar-refractivity contribution in [1.82, 2.24) is 25.4 Å². The van der Waals surface area contributed by atoms with Crippen molar-refractivity contribution >= 4 is 23.7 Å². The molecule has 8 heteroatoms. The molecule has 2 N–H and O–H groups in total. The highest BCUT2D eigenvalue weighted by Gasteiger charge is 2.19. The molecule has 7 nitrogen and oxygen atoms in total. The summed E-state index contributed by atoms with van der Waals surface area (Å²) in [4.78, 5) is 22.5. The van der Waals surface area contributed by atoms with Gasteiger partial charge in [0.2, 0.25) is 5.91 Å². The van der Waals surface area contributed by atoms with Crippen LogP contribution in [-0.4, -0.2) is 39.0 Å². The highest BCUT2D eigenvalue weighted by molar-refractivity contribution is 8.00. The number of carbonyl (C=O) groups excluding carboxylic acids is 2. The molecular weight excluding hydrogens is 242 g/mol. The van der Waals surface area contributed by atoms with Crippen LogP contribution in [0, 0.1) is 6.92 Å². The normalized spacial score (nSPS) is 12.0. The zero-order valence-corrected chi connectivity index (χ0v) is 11.0. The molecule has 94 valence electrons. The summed E-state index contributed by atoms with van der Waals surface area (Å²) in [6.07, 6.45) is 0. The maximum atomic E-state index is 11.6.